The van der Waals surface area contributed by atoms with Gasteiger partial charge in [-0.1, -0.05) is 17.7 Å². The fraction of sp³-hybridized carbons (Fsp3) is 0.333. The molecule has 1 amide bonds. The largest absolute Gasteiger partial charge is 0.481 e. The normalized spacial score (nSPS) is 11.2. The Hall–Kier alpha value is -1.90. The van der Waals surface area contributed by atoms with Crippen molar-refractivity contribution >= 4 is 41.6 Å². The molecule has 1 aromatic rings. The van der Waals surface area contributed by atoms with Crippen LogP contribution < -0.4 is 11.1 Å². The number of hydrogen-bond acceptors (Lipinski definition) is 5. The number of hydrogen-bond donors (Lipinski definition) is 3. The number of nitro benzene ring substituents is 1. The predicted octanol–water partition coefficient (Wildman–Crippen LogP) is 1.13. The third-order valence-electron chi connectivity index (χ3n) is 2.66. The number of carbonyl (C=O) groups is 2. The number of halogens is 2. The van der Waals surface area contributed by atoms with Gasteiger partial charge in [0.15, 0.2) is 0 Å². The molecular weight excluding hydrogens is 337 g/mol. The van der Waals surface area contributed by atoms with Gasteiger partial charge in [-0.05, 0) is 18.1 Å². The van der Waals surface area contributed by atoms with E-state index in [1.807, 2.05) is 0 Å². The van der Waals surface area contributed by atoms with Gasteiger partial charge < -0.3 is 16.2 Å². The van der Waals surface area contributed by atoms with Crippen molar-refractivity contribution in [2.24, 2.45) is 5.73 Å². The molecule has 122 valence electrons. The molecule has 0 aromatic heterocycles. The molecule has 1 unspecified atom stereocenters. The number of nitrogens with zero attached hydrogens (tertiary/aromatic N) is 1. The number of nitrogens with two attached hydrogens (primary N) is 1. The van der Waals surface area contributed by atoms with Crippen LogP contribution in [0.25, 0.3) is 0 Å². The molecule has 4 N–H and O–H groups in total. The first-order valence-corrected chi connectivity index (χ1v) is 6.35. The van der Waals surface area contributed by atoms with Crippen molar-refractivity contribution in [1.29, 1.82) is 0 Å². The number of amides is 1. The van der Waals surface area contributed by atoms with Gasteiger partial charge in [0, 0.05) is 12.1 Å². The Balaban J connectivity index is 0.00000441. The van der Waals surface area contributed by atoms with Crippen LogP contribution in [-0.2, 0) is 16.0 Å². The summed E-state index contributed by atoms with van der Waals surface area (Å²) in [6.45, 7) is -0.267. The molecule has 0 saturated heterocycles. The molecule has 0 aliphatic rings. The van der Waals surface area contributed by atoms with E-state index in [1.54, 1.807) is 6.07 Å². The average Bonchev–Trinajstić information content (AvgIpc) is 2.39. The Bertz CT molecular complexity index is 568. The maximum absolute atomic E-state index is 11.3. The van der Waals surface area contributed by atoms with Gasteiger partial charge in [-0.15, -0.1) is 12.4 Å². The van der Waals surface area contributed by atoms with Crippen molar-refractivity contribution in [1.82, 2.24) is 5.32 Å². The van der Waals surface area contributed by atoms with Crippen LogP contribution in [0, 0.1) is 10.1 Å². The van der Waals surface area contributed by atoms with Crippen LogP contribution in [-0.4, -0.2) is 34.5 Å². The zero-order chi connectivity index (χ0) is 16.0. The molecule has 0 heterocycles. The molecule has 10 heteroatoms. The molecule has 0 spiro atoms. The summed E-state index contributed by atoms with van der Waals surface area (Å²) in [6, 6.07) is 3.45. The Morgan fingerprint density at radius 3 is 2.59 bits per heavy atom. The molecule has 1 atom stereocenters. The van der Waals surface area contributed by atoms with E-state index < -0.39 is 22.8 Å². The number of rotatable bonds is 7. The van der Waals surface area contributed by atoms with Gasteiger partial charge in [0.2, 0.25) is 5.91 Å². The highest BCUT2D eigenvalue weighted by Crippen LogP contribution is 2.25. The van der Waals surface area contributed by atoms with Crippen molar-refractivity contribution in [2.45, 2.75) is 18.9 Å². The molecule has 0 aliphatic carbocycles. The first-order chi connectivity index (χ1) is 9.83. The topological polar surface area (TPSA) is 136 Å². The zero-order valence-corrected chi connectivity index (χ0v) is 12.9. The third kappa shape index (κ3) is 6.25. The van der Waals surface area contributed by atoms with Crippen molar-refractivity contribution in [2.75, 3.05) is 6.54 Å². The van der Waals surface area contributed by atoms with Gasteiger partial charge in [0.1, 0.15) is 5.02 Å². The lowest BCUT2D eigenvalue weighted by atomic mass is 10.0. The maximum atomic E-state index is 11.3. The summed E-state index contributed by atoms with van der Waals surface area (Å²) >= 11 is 5.70. The molecule has 0 saturated carbocycles. The van der Waals surface area contributed by atoms with E-state index in [1.165, 1.54) is 12.1 Å². The molecule has 0 fully saturated rings. The van der Waals surface area contributed by atoms with E-state index in [2.05, 4.69) is 5.32 Å². The second kappa shape index (κ2) is 9.19. The molecule has 0 bridgehead atoms. The summed E-state index contributed by atoms with van der Waals surface area (Å²) in [5.74, 6) is -1.59. The number of carboxylic acid groups (broad SMARTS) is 1. The predicted molar refractivity (Wildman–Crippen MR) is 82.3 cm³/mol. The lowest BCUT2D eigenvalue weighted by molar-refractivity contribution is -0.384. The summed E-state index contributed by atoms with van der Waals surface area (Å²) in [7, 11) is 0. The summed E-state index contributed by atoms with van der Waals surface area (Å²) in [5, 5.41) is 22.1. The van der Waals surface area contributed by atoms with Crippen LogP contribution in [0.15, 0.2) is 18.2 Å². The molecule has 22 heavy (non-hydrogen) atoms. The summed E-state index contributed by atoms with van der Waals surface area (Å²) in [4.78, 5) is 32.2. The standard InChI is InChI=1S/C12H14ClN3O5.ClH/c13-9-2-1-7(4-10(9)16(20)21)3-8(5-12(18)19)15-11(17)6-14;/h1-2,4,8H,3,5-6,14H2,(H,15,17)(H,18,19);1H. The Morgan fingerprint density at radius 1 is 1.45 bits per heavy atom. The van der Waals surface area contributed by atoms with E-state index in [9.17, 15) is 19.7 Å². The molecule has 0 radical (unpaired) electrons. The van der Waals surface area contributed by atoms with E-state index >= 15 is 0 Å². The number of nitrogens with one attached hydrogen (secondary N) is 1. The monoisotopic (exact) mass is 351 g/mol. The van der Waals surface area contributed by atoms with Crippen LogP contribution in [0.3, 0.4) is 0 Å². The number of carboxylic acids is 1. The van der Waals surface area contributed by atoms with E-state index in [0.29, 0.717) is 5.56 Å². The minimum absolute atomic E-state index is 0. The molecule has 0 aliphatic heterocycles. The average molecular weight is 352 g/mol. The summed E-state index contributed by atoms with van der Waals surface area (Å²) < 4.78 is 0. The van der Waals surface area contributed by atoms with Crippen LogP contribution in [0.4, 0.5) is 5.69 Å². The van der Waals surface area contributed by atoms with Crippen LogP contribution in [0.2, 0.25) is 5.02 Å². The first-order valence-electron chi connectivity index (χ1n) is 5.97. The Labute approximate surface area is 137 Å². The van der Waals surface area contributed by atoms with Crippen molar-refractivity contribution in [3.63, 3.8) is 0 Å². The van der Waals surface area contributed by atoms with Crippen molar-refractivity contribution < 1.29 is 19.6 Å². The third-order valence-corrected chi connectivity index (χ3v) is 2.98. The first kappa shape index (κ1) is 20.1. The van der Waals surface area contributed by atoms with Crippen LogP contribution >= 0.6 is 24.0 Å². The van der Waals surface area contributed by atoms with Gasteiger partial charge in [0.05, 0.1) is 17.9 Å². The highest BCUT2D eigenvalue weighted by atomic mass is 35.5. The second-order valence-electron chi connectivity index (χ2n) is 4.31. The lowest BCUT2D eigenvalue weighted by Gasteiger charge is -2.16. The van der Waals surface area contributed by atoms with Gasteiger partial charge in [-0.25, -0.2) is 0 Å². The number of benzene rings is 1. The quantitative estimate of drug-likeness (QED) is 0.497. The van der Waals surface area contributed by atoms with Crippen LogP contribution in [0.1, 0.15) is 12.0 Å². The van der Waals surface area contributed by atoms with Crippen molar-refractivity contribution in [3.8, 4) is 0 Å². The number of nitro groups is 1. The van der Waals surface area contributed by atoms with Crippen molar-refractivity contribution in [3.05, 3.63) is 38.9 Å². The zero-order valence-electron chi connectivity index (χ0n) is 11.3. The van der Waals surface area contributed by atoms with Gasteiger partial charge in [-0.3, -0.25) is 19.7 Å². The second-order valence-corrected chi connectivity index (χ2v) is 4.72. The molecular formula is C12H15Cl2N3O5. The highest BCUT2D eigenvalue weighted by Gasteiger charge is 2.19. The molecule has 1 rings (SSSR count). The minimum Gasteiger partial charge on any atom is -0.481 e. The SMILES string of the molecule is Cl.NCC(=O)NC(CC(=O)O)Cc1ccc(Cl)c([N+](=O)[O-])c1. The van der Waals surface area contributed by atoms with E-state index in [-0.39, 0.29) is 42.5 Å². The number of carbonyl (C=O) groups excluding carboxylic acids is 1. The van der Waals surface area contributed by atoms with Gasteiger partial charge in [-0.2, -0.15) is 0 Å². The molecule has 1 aromatic carbocycles. The minimum atomic E-state index is -1.10. The summed E-state index contributed by atoms with van der Waals surface area (Å²) in [6.07, 6.45) is -0.196. The fourth-order valence-electron chi connectivity index (χ4n) is 1.78. The fourth-order valence-corrected chi connectivity index (χ4v) is 1.97. The van der Waals surface area contributed by atoms with Gasteiger partial charge in [0.25, 0.3) is 5.69 Å². The van der Waals surface area contributed by atoms with E-state index in [4.69, 9.17) is 22.4 Å². The highest BCUT2D eigenvalue weighted by molar-refractivity contribution is 6.32. The Kier molecular flexibility index (Phi) is 8.39. The smallest absolute Gasteiger partial charge is 0.305 e. The van der Waals surface area contributed by atoms with E-state index in [0.717, 1.165) is 0 Å². The van der Waals surface area contributed by atoms with Crippen LogP contribution in [0.5, 0.6) is 0 Å². The Morgan fingerprint density at radius 2 is 2.09 bits per heavy atom. The number of aliphatic carboxylic acids is 1. The van der Waals surface area contributed by atoms with Gasteiger partial charge >= 0.3 is 5.97 Å². The molecule has 8 nitrogen and oxygen atoms in total. The maximum Gasteiger partial charge on any atom is 0.305 e. The summed E-state index contributed by atoms with van der Waals surface area (Å²) in [5.41, 5.74) is 5.39. The lowest BCUT2D eigenvalue weighted by Crippen LogP contribution is -2.41.